The van der Waals surface area contributed by atoms with E-state index in [9.17, 15) is 4.79 Å². The highest BCUT2D eigenvalue weighted by molar-refractivity contribution is 5.84. The molecule has 3 aliphatic rings. The van der Waals surface area contributed by atoms with E-state index in [4.69, 9.17) is 4.74 Å². The molecule has 3 fully saturated rings. The van der Waals surface area contributed by atoms with Gasteiger partial charge in [0, 0.05) is 25.7 Å². The van der Waals surface area contributed by atoms with Crippen LogP contribution in [-0.4, -0.2) is 49.7 Å². The van der Waals surface area contributed by atoms with E-state index in [0.717, 1.165) is 45.7 Å². The highest BCUT2D eigenvalue weighted by atomic mass is 16.5. The number of rotatable bonds is 5. The summed E-state index contributed by atoms with van der Waals surface area (Å²) in [5.41, 5.74) is 0.0114. The van der Waals surface area contributed by atoms with Crippen LogP contribution in [0.4, 0.5) is 0 Å². The second kappa shape index (κ2) is 6.02. The lowest BCUT2D eigenvalue weighted by Crippen LogP contribution is -2.56. The van der Waals surface area contributed by atoms with Gasteiger partial charge in [-0.05, 0) is 38.5 Å². The van der Waals surface area contributed by atoms with Crippen LogP contribution in [0.5, 0.6) is 0 Å². The normalized spacial score (nSPS) is 28.2. The molecular weight excluding hydrogens is 252 g/mol. The third-order valence-electron chi connectivity index (χ3n) is 5.60. The second-order valence-corrected chi connectivity index (χ2v) is 6.93. The van der Waals surface area contributed by atoms with Crippen LogP contribution < -0.4 is 5.32 Å². The van der Waals surface area contributed by atoms with Gasteiger partial charge in [-0.1, -0.05) is 12.8 Å². The Morgan fingerprint density at radius 1 is 1.30 bits per heavy atom. The van der Waals surface area contributed by atoms with Crippen molar-refractivity contribution in [1.82, 2.24) is 10.2 Å². The average molecular weight is 280 g/mol. The maximum atomic E-state index is 12.7. The smallest absolute Gasteiger partial charge is 0.226 e. The molecule has 1 aliphatic heterocycles. The molecule has 1 saturated heterocycles. The van der Waals surface area contributed by atoms with Crippen molar-refractivity contribution >= 4 is 5.91 Å². The van der Waals surface area contributed by atoms with Gasteiger partial charge in [-0.15, -0.1) is 0 Å². The van der Waals surface area contributed by atoms with Crippen LogP contribution in [0.15, 0.2) is 0 Å². The van der Waals surface area contributed by atoms with Crippen molar-refractivity contribution in [3.05, 3.63) is 0 Å². The van der Waals surface area contributed by atoms with Crippen LogP contribution in [0, 0.1) is 11.3 Å². The summed E-state index contributed by atoms with van der Waals surface area (Å²) in [5, 5.41) is 3.30. The molecule has 2 aliphatic carbocycles. The standard InChI is InChI=1S/C16H28N2O2/c1-13(12-18-8-10-20-11-9-18)17-15(19)16(6-3-7-16)14-4-2-5-14/h13-14H,2-12H2,1H3,(H,17,19). The number of morpholine rings is 1. The van der Waals surface area contributed by atoms with Crippen LogP contribution in [0.1, 0.15) is 45.4 Å². The Bertz CT molecular complexity index is 344. The Morgan fingerprint density at radius 3 is 2.50 bits per heavy atom. The minimum atomic E-state index is 0.0114. The second-order valence-electron chi connectivity index (χ2n) is 6.93. The lowest BCUT2D eigenvalue weighted by atomic mass is 9.54. The summed E-state index contributed by atoms with van der Waals surface area (Å²) in [4.78, 5) is 15.1. The Morgan fingerprint density at radius 2 is 2.00 bits per heavy atom. The first-order chi connectivity index (χ1) is 9.71. The van der Waals surface area contributed by atoms with Crippen molar-refractivity contribution in [3.8, 4) is 0 Å². The van der Waals surface area contributed by atoms with Gasteiger partial charge >= 0.3 is 0 Å². The molecule has 1 N–H and O–H groups in total. The van der Waals surface area contributed by atoms with E-state index in [2.05, 4.69) is 17.1 Å². The summed E-state index contributed by atoms with van der Waals surface area (Å²) in [7, 11) is 0. The molecule has 0 radical (unpaired) electrons. The topological polar surface area (TPSA) is 41.6 Å². The summed E-state index contributed by atoms with van der Waals surface area (Å²) < 4.78 is 5.37. The van der Waals surface area contributed by atoms with E-state index in [1.165, 1.54) is 25.7 Å². The maximum Gasteiger partial charge on any atom is 0.226 e. The van der Waals surface area contributed by atoms with Crippen molar-refractivity contribution in [2.75, 3.05) is 32.8 Å². The van der Waals surface area contributed by atoms with Crippen molar-refractivity contribution in [3.63, 3.8) is 0 Å². The van der Waals surface area contributed by atoms with E-state index in [1.807, 2.05) is 0 Å². The van der Waals surface area contributed by atoms with Gasteiger partial charge in [0.1, 0.15) is 0 Å². The average Bonchev–Trinajstić information content (AvgIpc) is 2.32. The summed E-state index contributed by atoms with van der Waals surface area (Å²) in [6.07, 6.45) is 7.34. The first-order valence-corrected chi connectivity index (χ1v) is 8.32. The highest BCUT2D eigenvalue weighted by Crippen LogP contribution is 2.54. The van der Waals surface area contributed by atoms with Crippen LogP contribution in [0.3, 0.4) is 0 Å². The first kappa shape index (κ1) is 14.3. The van der Waals surface area contributed by atoms with Crippen molar-refractivity contribution < 1.29 is 9.53 Å². The van der Waals surface area contributed by atoms with Crippen LogP contribution in [-0.2, 0) is 9.53 Å². The molecule has 1 amide bonds. The fourth-order valence-corrected chi connectivity index (χ4v) is 3.92. The van der Waals surface area contributed by atoms with Crippen molar-refractivity contribution in [2.24, 2.45) is 11.3 Å². The molecule has 0 spiro atoms. The molecule has 0 aromatic carbocycles. The summed E-state index contributed by atoms with van der Waals surface area (Å²) in [6, 6.07) is 0.248. The van der Waals surface area contributed by atoms with Gasteiger partial charge in [0.25, 0.3) is 0 Å². The predicted molar refractivity (Wildman–Crippen MR) is 78.5 cm³/mol. The molecule has 1 atom stereocenters. The Balaban J connectivity index is 1.49. The molecule has 20 heavy (non-hydrogen) atoms. The van der Waals surface area contributed by atoms with Gasteiger partial charge in [0.15, 0.2) is 0 Å². The van der Waals surface area contributed by atoms with Gasteiger partial charge < -0.3 is 10.1 Å². The maximum absolute atomic E-state index is 12.7. The molecule has 0 aromatic rings. The van der Waals surface area contributed by atoms with Crippen molar-refractivity contribution in [2.45, 2.75) is 51.5 Å². The lowest BCUT2D eigenvalue weighted by Gasteiger charge is -2.50. The quantitative estimate of drug-likeness (QED) is 0.835. The summed E-state index contributed by atoms with van der Waals surface area (Å²) in [5.74, 6) is 1.01. The zero-order valence-electron chi connectivity index (χ0n) is 12.7. The number of nitrogens with one attached hydrogen (secondary N) is 1. The molecule has 2 saturated carbocycles. The molecule has 4 nitrogen and oxygen atoms in total. The van der Waals surface area contributed by atoms with Crippen LogP contribution in [0.25, 0.3) is 0 Å². The lowest BCUT2D eigenvalue weighted by molar-refractivity contribution is -0.145. The van der Waals surface area contributed by atoms with E-state index in [1.54, 1.807) is 0 Å². The number of carbonyl (C=O) groups excluding carboxylic acids is 1. The zero-order chi connectivity index (χ0) is 14.0. The number of amides is 1. The third kappa shape index (κ3) is 2.73. The fraction of sp³-hybridized carbons (Fsp3) is 0.938. The summed E-state index contributed by atoms with van der Waals surface area (Å²) in [6.45, 7) is 6.73. The summed E-state index contributed by atoms with van der Waals surface area (Å²) >= 11 is 0. The number of nitrogens with zero attached hydrogens (tertiary/aromatic N) is 1. The van der Waals surface area contributed by atoms with E-state index < -0.39 is 0 Å². The molecule has 4 heteroatoms. The predicted octanol–water partition coefficient (Wildman–Crippen LogP) is 1.79. The molecular formula is C16H28N2O2. The van der Waals surface area contributed by atoms with Gasteiger partial charge in [0.05, 0.1) is 18.6 Å². The minimum Gasteiger partial charge on any atom is -0.379 e. The highest BCUT2D eigenvalue weighted by Gasteiger charge is 2.51. The Labute approximate surface area is 122 Å². The number of ether oxygens (including phenoxy) is 1. The van der Waals surface area contributed by atoms with Crippen molar-refractivity contribution in [1.29, 1.82) is 0 Å². The molecule has 1 heterocycles. The van der Waals surface area contributed by atoms with Gasteiger partial charge in [-0.25, -0.2) is 0 Å². The SMILES string of the molecule is CC(CN1CCOCC1)NC(=O)C1(C2CCC2)CCC1. The molecule has 0 bridgehead atoms. The van der Waals surface area contributed by atoms with Gasteiger partial charge in [-0.3, -0.25) is 9.69 Å². The van der Waals surface area contributed by atoms with Gasteiger partial charge in [0.2, 0.25) is 5.91 Å². The monoisotopic (exact) mass is 280 g/mol. The number of hydrogen-bond acceptors (Lipinski definition) is 3. The Kier molecular flexibility index (Phi) is 4.32. The number of carbonyl (C=O) groups is 1. The van der Waals surface area contributed by atoms with E-state index in [0.29, 0.717) is 11.8 Å². The molecule has 3 rings (SSSR count). The first-order valence-electron chi connectivity index (χ1n) is 8.32. The molecule has 1 unspecified atom stereocenters. The van der Waals surface area contributed by atoms with E-state index in [-0.39, 0.29) is 11.5 Å². The van der Waals surface area contributed by atoms with E-state index >= 15 is 0 Å². The van der Waals surface area contributed by atoms with Crippen LogP contribution >= 0.6 is 0 Å². The number of hydrogen-bond donors (Lipinski definition) is 1. The molecule has 0 aromatic heterocycles. The Hall–Kier alpha value is -0.610. The minimum absolute atomic E-state index is 0.0114. The molecule has 114 valence electrons. The zero-order valence-corrected chi connectivity index (χ0v) is 12.7. The third-order valence-corrected chi connectivity index (χ3v) is 5.60. The van der Waals surface area contributed by atoms with Crippen LogP contribution in [0.2, 0.25) is 0 Å². The largest absolute Gasteiger partial charge is 0.379 e. The fourth-order valence-electron chi connectivity index (χ4n) is 3.92. The van der Waals surface area contributed by atoms with Gasteiger partial charge in [-0.2, -0.15) is 0 Å².